The van der Waals surface area contributed by atoms with Gasteiger partial charge in [-0.15, -0.1) is 0 Å². The Kier molecular flexibility index (Phi) is 5.58. The lowest BCUT2D eigenvalue weighted by Gasteiger charge is -2.27. The molecule has 0 unspecified atom stereocenters. The molecule has 0 aromatic heterocycles. The van der Waals surface area contributed by atoms with Crippen LogP contribution in [0.3, 0.4) is 0 Å². The average molecular weight is 351 g/mol. The molecule has 118 valence electrons. The monoisotopic (exact) mass is 350 g/mol. The maximum atomic E-state index is 12.4. The van der Waals surface area contributed by atoms with E-state index in [-0.39, 0.29) is 0 Å². The van der Waals surface area contributed by atoms with E-state index >= 15 is 0 Å². The number of hydrogen-bond donors (Lipinski definition) is 0. The van der Waals surface area contributed by atoms with Gasteiger partial charge < -0.3 is 8.43 Å². The maximum Gasteiger partial charge on any atom is 0.300 e. The van der Waals surface area contributed by atoms with Crippen LogP contribution in [0.5, 0.6) is 0 Å². The second-order valence-corrected chi connectivity index (χ2v) is 15.5. The van der Waals surface area contributed by atoms with Crippen LogP contribution in [0.15, 0.2) is 60.7 Å². The summed E-state index contributed by atoms with van der Waals surface area (Å²) in [5, 5.41) is 2.24. The fourth-order valence-electron chi connectivity index (χ4n) is 2.23. The highest BCUT2D eigenvalue weighted by atomic mass is 31.1. The van der Waals surface area contributed by atoms with Gasteiger partial charge in [0.25, 0.3) is 8.25 Å². The van der Waals surface area contributed by atoms with Crippen molar-refractivity contribution in [2.24, 2.45) is 0 Å². The topological polar surface area (TPSA) is 35.5 Å². The molecule has 3 nitrogen and oxygen atoms in total. The van der Waals surface area contributed by atoms with Crippen LogP contribution in [0.2, 0.25) is 26.2 Å². The van der Waals surface area contributed by atoms with Crippen LogP contribution < -0.4 is 10.4 Å². The SMILES string of the molecule is C[Si](C)(O[PH](=O)O[Si](C)(C)c1ccccc1)c1ccccc1. The standard InChI is InChI=1S/C16H23O3PSi2/c1-21(2,15-11-7-5-8-12-15)18-20(17)19-22(3,4)16-13-9-6-10-14-16/h5-14,20H,1-4H3. The quantitative estimate of drug-likeness (QED) is 0.589. The molecule has 0 aliphatic heterocycles. The molecule has 0 radical (unpaired) electrons. The molecule has 0 heterocycles. The Morgan fingerprint density at radius 3 is 1.32 bits per heavy atom. The minimum Gasteiger partial charge on any atom is -0.348 e. The second-order valence-electron chi connectivity index (χ2n) is 6.21. The molecule has 2 rings (SSSR count). The first kappa shape index (κ1) is 17.4. The van der Waals surface area contributed by atoms with Crippen molar-refractivity contribution in [3.05, 3.63) is 60.7 Å². The van der Waals surface area contributed by atoms with Crippen molar-refractivity contribution >= 4 is 35.3 Å². The largest absolute Gasteiger partial charge is 0.348 e. The van der Waals surface area contributed by atoms with Crippen LogP contribution in [0.1, 0.15) is 0 Å². The molecule has 0 saturated carbocycles. The molecular formula is C16H23O3PSi2. The highest BCUT2D eigenvalue weighted by Gasteiger charge is 2.32. The zero-order valence-electron chi connectivity index (χ0n) is 13.5. The van der Waals surface area contributed by atoms with E-state index in [0.29, 0.717) is 0 Å². The average Bonchev–Trinajstić information content (AvgIpc) is 2.48. The molecule has 0 aliphatic carbocycles. The molecule has 6 heteroatoms. The van der Waals surface area contributed by atoms with Gasteiger partial charge in [0, 0.05) is 0 Å². The van der Waals surface area contributed by atoms with E-state index in [9.17, 15) is 4.57 Å². The predicted molar refractivity (Wildman–Crippen MR) is 98.3 cm³/mol. The lowest BCUT2D eigenvalue weighted by Crippen LogP contribution is -2.45. The molecule has 0 N–H and O–H groups in total. The third-order valence-electron chi connectivity index (χ3n) is 3.61. The van der Waals surface area contributed by atoms with E-state index < -0.39 is 24.9 Å². The summed E-state index contributed by atoms with van der Waals surface area (Å²) in [6.45, 7) is 8.19. The van der Waals surface area contributed by atoms with Crippen LogP contribution in [-0.4, -0.2) is 16.6 Å². The summed E-state index contributed by atoms with van der Waals surface area (Å²) >= 11 is 0. The highest BCUT2D eigenvalue weighted by Crippen LogP contribution is 2.33. The van der Waals surface area contributed by atoms with Crippen LogP contribution >= 0.6 is 8.25 Å². The third kappa shape index (κ3) is 4.51. The van der Waals surface area contributed by atoms with Gasteiger partial charge in [0.2, 0.25) is 16.6 Å². The fourth-order valence-corrected chi connectivity index (χ4v) is 9.04. The molecule has 0 amide bonds. The molecular weight excluding hydrogens is 327 g/mol. The minimum atomic E-state index is -2.52. The van der Waals surface area contributed by atoms with Crippen LogP contribution in [0, 0.1) is 0 Å². The van der Waals surface area contributed by atoms with Crippen LogP contribution in [0.4, 0.5) is 0 Å². The molecule has 0 aliphatic rings. The Morgan fingerprint density at radius 2 is 1.00 bits per heavy atom. The van der Waals surface area contributed by atoms with E-state index in [1.807, 2.05) is 86.9 Å². The molecule has 22 heavy (non-hydrogen) atoms. The summed E-state index contributed by atoms with van der Waals surface area (Å²) in [4.78, 5) is 0. The summed E-state index contributed by atoms with van der Waals surface area (Å²) in [7, 11) is -6.95. The first-order valence-corrected chi connectivity index (χ1v) is 14.4. The van der Waals surface area contributed by atoms with E-state index in [1.165, 1.54) is 0 Å². The van der Waals surface area contributed by atoms with Crippen molar-refractivity contribution in [2.75, 3.05) is 0 Å². The zero-order chi connectivity index (χ0) is 16.2. The Balaban J connectivity index is 2.07. The van der Waals surface area contributed by atoms with Gasteiger partial charge in [-0.25, -0.2) is 0 Å². The summed E-state index contributed by atoms with van der Waals surface area (Å²) < 4.78 is 24.2. The van der Waals surface area contributed by atoms with E-state index in [2.05, 4.69) is 0 Å². The van der Waals surface area contributed by atoms with Gasteiger partial charge in [-0.3, -0.25) is 4.57 Å². The summed E-state index contributed by atoms with van der Waals surface area (Å²) in [5.41, 5.74) is 0. The van der Waals surface area contributed by atoms with E-state index in [0.717, 1.165) is 10.4 Å². The lowest BCUT2D eigenvalue weighted by molar-refractivity contribution is 0.417. The summed E-state index contributed by atoms with van der Waals surface area (Å²) in [6.07, 6.45) is 0. The van der Waals surface area contributed by atoms with Gasteiger partial charge in [-0.1, -0.05) is 60.7 Å². The van der Waals surface area contributed by atoms with Gasteiger partial charge in [0.15, 0.2) is 0 Å². The van der Waals surface area contributed by atoms with Gasteiger partial charge >= 0.3 is 0 Å². The first-order chi connectivity index (χ1) is 10.3. The lowest BCUT2D eigenvalue weighted by atomic mass is 10.4. The molecule has 2 aromatic carbocycles. The molecule has 0 bridgehead atoms. The molecule has 0 saturated heterocycles. The van der Waals surface area contributed by atoms with Crippen molar-refractivity contribution in [3.8, 4) is 0 Å². The Hall–Kier alpha value is -0.976. The zero-order valence-corrected chi connectivity index (χ0v) is 16.5. The van der Waals surface area contributed by atoms with Crippen molar-refractivity contribution < 1.29 is 13.0 Å². The van der Waals surface area contributed by atoms with Crippen molar-refractivity contribution in [3.63, 3.8) is 0 Å². The summed E-state index contributed by atoms with van der Waals surface area (Å²) in [6, 6.07) is 20.0. The van der Waals surface area contributed by atoms with Gasteiger partial charge in [-0.05, 0) is 36.6 Å². The molecule has 0 atom stereocenters. The Labute approximate surface area is 135 Å². The van der Waals surface area contributed by atoms with Crippen molar-refractivity contribution in [2.45, 2.75) is 26.2 Å². The maximum absolute atomic E-state index is 12.4. The number of rotatable bonds is 6. The molecule has 2 aromatic rings. The Morgan fingerprint density at radius 1 is 0.682 bits per heavy atom. The molecule has 0 spiro atoms. The number of benzene rings is 2. The van der Waals surface area contributed by atoms with Crippen molar-refractivity contribution in [1.82, 2.24) is 0 Å². The number of hydrogen-bond acceptors (Lipinski definition) is 3. The third-order valence-corrected chi connectivity index (χ3v) is 12.5. The summed E-state index contributed by atoms with van der Waals surface area (Å²) in [5.74, 6) is 0. The van der Waals surface area contributed by atoms with Gasteiger partial charge in [0.05, 0.1) is 0 Å². The second kappa shape index (κ2) is 7.07. The van der Waals surface area contributed by atoms with Crippen molar-refractivity contribution in [1.29, 1.82) is 0 Å². The van der Waals surface area contributed by atoms with Gasteiger partial charge in [-0.2, -0.15) is 0 Å². The normalized spacial score (nSPS) is 12.6. The van der Waals surface area contributed by atoms with Crippen LogP contribution in [0.25, 0.3) is 0 Å². The minimum absolute atomic E-state index is 1.12. The smallest absolute Gasteiger partial charge is 0.300 e. The van der Waals surface area contributed by atoms with Gasteiger partial charge in [0.1, 0.15) is 0 Å². The first-order valence-electron chi connectivity index (χ1n) is 7.34. The van der Waals surface area contributed by atoms with E-state index in [1.54, 1.807) is 0 Å². The predicted octanol–water partition coefficient (Wildman–Crippen LogP) is 3.63. The fraction of sp³-hybridized carbons (Fsp3) is 0.250. The molecule has 0 fully saturated rings. The highest BCUT2D eigenvalue weighted by molar-refractivity contribution is 7.39. The van der Waals surface area contributed by atoms with E-state index in [4.69, 9.17) is 8.43 Å². The Bertz CT molecular complexity index is 575. The van der Waals surface area contributed by atoms with Crippen LogP contribution in [-0.2, 0) is 13.0 Å².